The van der Waals surface area contributed by atoms with Crippen LogP contribution in [0.3, 0.4) is 0 Å². The van der Waals surface area contributed by atoms with Crippen molar-refractivity contribution >= 4 is 12.6 Å². The number of aromatic nitrogens is 1. The summed E-state index contributed by atoms with van der Waals surface area (Å²) in [5.74, 6) is 2.55. The van der Waals surface area contributed by atoms with E-state index in [-0.39, 0.29) is 0 Å². The van der Waals surface area contributed by atoms with Crippen LogP contribution in [0, 0.1) is 5.92 Å². The van der Waals surface area contributed by atoms with E-state index in [0.717, 1.165) is 16.8 Å². The van der Waals surface area contributed by atoms with Crippen molar-refractivity contribution in [1.82, 2.24) is 4.98 Å². The molecule has 0 amide bonds. The van der Waals surface area contributed by atoms with Crippen molar-refractivity contribution in [3.63, 3.8) is 0 Å². The second kappa shape index (κ2) is 8.12. The molecule has 0 radical (unpaired) electrons. The van der Waals surface area contributed by atoms with Crippen molar-refractivity contribution in [3.8, 4) is 17.4 Å². The Morgan fingerprint density at radius 3 is 2.30 bits per heavy atom. The lowest BCUT2D eigenvalue weighted by molar-refractivity contribution is 0.00578. The molecule has 2 aromatic rings. The Bertz CT molecular complexity index is 864. The molecule has 1 saturated carbocycles. The van der Waals surface area contributed by atoms with Crippen LogP contribution in [-0.2, 0) is 15.9 Å². The summed E-state index contributed by atoms with van der Waals surface area (Å²) in [6, 6.07) is 9.71. The first kappa shape index (κ1) is 21.0. The standard InChI is InChI=1S/C23H30BNO5/c1-22(2)23(3,4)30-24(29-22)18-12-20(27-14-16-6-7-16)21(25-13-18)28-15-17-8-10-19(26-5)11-9-17/h8-13,16H,6-7,14-15H2,1-5H3. The number of rotatable bonds is 8. The molecule has 2 heterocycles. The average molecular weight is 411 g/mol. The molecule has 30 heavy (non-hydrogen) atoms. The zero-order chi connectivity index (χ0) is 21.4. The van der Waals surface area contributed by atoms with E-state index in [2.05, 4.69) is 4.98 Å². The highest BCUT2D eigenvalue weighted by Crippen LogP contribution is 2.37. The number of hydrogen-bond acceptors (Lipinski definition) is 6. The summed E-state index contributed by atoms with van der Waals surface area (Å²) in [5, 5.41) is 0. The van der Waals surface area contributed by atoms with E-state index >= 15 is 0 Å². The zero-order valence-corrected chi connectivity index (χ0v) is 18.4. The van der Waals surface area contributed by atoms with Gasteiger partial charge < -0.3 is 23.5 Å². The fourth-order valence-electron chi connectivity index (χ4n) is 3.13. The first-order valence-electron chi connectivity index (χ1n) is 10.5. The molecule has 1 saturated heterocycles. The van der Waals surface area contributed by atoms with Gasteiger partial charge in [0.25, 0.3) is 5.88 Å². The molecule has 1 aromatic carbocycles. The maximum atomic E-state index is 6.16. The van der Waals surface area contributed by atoms with Crippen LogP contribution in [-0.4, -0.2) is 37.0 Å². The van der Waals surface area contributed by atoms with Gasteiger partial charge in [-0.15, -0.1) is 0 Å². The van der Waals surface area contributed by atoms with Crippen molar-refractivity contribution in [3.05, 3.63) is 42.1 Å². The number of methoxy groups -OCH3 is 1. The molecule has 0 spiro atoms. The monoisotopic (exact) mass is 411 g/mol. The summed E-state index contributed by atoms with van der Waals surface area (Å²) < 4.78 is 29.6. The lowest BCUT2D eigenvalue weighted by atomic mass is 9.80. The van der Waals surface area contributed by atoms with Gasteiger partial charge >= 0.3 is 7.12 Å². The number of benzene rings is 1. The Kier molecular flexibility index (Phi) is 5.68. The van der Waals surface area contributed by atoms with E-state index in [1.807, 2.05) is 58.0 Å². The zero-order valence-electron chi connectivity index (χ0n) is 18.4. The lowest BCUT2D eigenvalue weighted by Gasteiger charge is -2.32. The maximum absolute atomic E-state index is 6.16. The fourth-order valence-corrected chi connectivity index (χ4v) is 3.13. The summed E-state index contributed by atoms with van der Waals surface area (Å²) in [7, 11) is 1.17. The van der Waals surface area contributed by atoms with E-state index in [9.17, 15) is 0 Å². The highest BCUT2D eigenvalue weighted by atomic mass is 16.7. The third-order valence-electron chi connectivity index (χ3n) is 6.07. The van der Waals surface area contributed by atoms with Gasteiger partial charge in [0.05, 0.1) is 24.9 Å². The van der Waals surface area contributed by atoms with Crippen LogP contribution in [0.5, 0.6) is 17.4 Å². The minimum atomic E-state index is -0.485. The van der Waals surface area contributed by atoms with E-state index < -0.39 is 18.3 Å². The largest absolute Gasteiger partial charge is 0.497 e. The Balaban J connectivity index is 1.50. The van der Waals surface area contributed by atoms with Gasteiger partial charge in [-0.1, -0.05) is 12.1 Å². The first-order valence-corrected chi connectivity index (χ1v) is 10.5. The smallest absolute Gasteiger partial charge is 0.496 e. The van der Waals surface area contributed by atoms with Gasteiger partial charge in [0.2, 0.25) is 0 Å². The topological polar surface area (TPSA) is 59.0 Å². The van der Waals surface area contributed by atoms with Gasteiger partial charge in [-0.25, -0.2) is 4.98 Å². The van der Waals surface area contributed by atoms with Crippen molar-refractivity contribution in [2.75, 3.05) is 13.7 Å². The molecule has 0 N–H and O–H groups in total. The van der Waals surface area contributed by atoms with Crippen LogP contribution in [0.4, 0.5) is 0 Å². The molecular formula is C23H30BNO5. The van der Waals surface area contributed by atoms with Gasteiger partial charge in [0, 0.05) is 11.7 Å². The second-order valence-electron chi connectivity index (χ2n) is 9.05. The quantitative estimate of drug-likeness (QED) is 0.617. The molecule has 0 bridgehead atoms. The second-order valence-corrected chi connectivity index (χ2v) is 9.05. The normalized spacial score (nSPS) is 19.6. The summed E-state index contributed by atoms with van der Waals surface area (Å²) in [6.07, 6.45) is 4.17. The van der Waals surface area contributed by atoms with Gasteiger partial charge in [0.1, 0.15) is 12.4 Å². The van der Waals surface area contributed by atoms with Gasteiger partial charge in [-0.05, 0) is 70.2 Å². The van der Waals surface area contributed by atoms with Crippen molar-refractivity contribution in [1.29, 1.82) is 0 Å². The first-order chi connectivity index (χ1) is 14.3. The van der Waals surface area contributed by atoms with Gasteiger partial charge in [-0.3, -0.25) is 0 Å². The molecule has 4 rings (SSSR count). The van der Waals surface area contributed by atoms with E-state index in [0.29, 0.717) is 30.8 Å². The number of pyridine rings is 1. The highest BCUT2D eigenvalue weighted by Gasteiger charge is 2.52. The Hall–Kier alpha value is -2.25. The summed E-state index contributed by atoms with van der Waals surface area (Å²) in [6.45, 7) is 9.23. The van der Waals surface area contributed by atoms with Gasteiger partial charge in [-0.2, -0.15) is 0 Å². The molecule has 1 aromatic heterocycles. The van der Waals surface area contributed by atoms with Crippen LogP contribution in [0.15, 0.2) is 36.5 Å². The molecule has 1 aliphatic heterocycles. The minimum Gasteiger partial charge on any atom is -0.497 e. The molecule has 1 aliphatic carbocycles. The Morgan fingerprint density at radius 1 is 1.03 bits per heavy atom. The predicted molar refractivity (Wildman–Crippen MR) is 115 cm³/mol. The predicted octanol–water partition coefficient (Wildman–Crippen LogP) is 3.76. The molecule has 6 nitrogen and oxygen atoms in total. The number of ether oxygens (including phenoxy) is 3. The molecule has 2 aliphatic rings. The Morgan fingerprint density at radius 2 is 1.70 bits per heavy atom. The van der Waals surface area contributed by atoms with E-state index in [4.69, 9.17) is 23.5 Å². The Labute approximate surface area is 179 Å². The molecule has 7 heteroatoms. The molecular weight excluding hydrogens is 381 g/mol. The molecule has 0 unspecified atom stereocenters. The minimum absolute atomic E-state index is 0.395. The van der Waals surface area contributed by atoms with Crippen molar-refractivity contribution in [2.24, 2.45) is 5.92 Å². The SMILES string of the molecule is COc1ccc(COc2ncc(B3OC(C)(C)C(C)(C)O3)cc2OCC2CC2)cc1. The van der Waals surface area contributed by atoms with Crippen LogP contribution in [0.2, 0.25) is 0 Å². The van der Waals surface area contributed by atoms with Crippen LogP contribution in [0.25, 0.3) is 0 Å². The lowest BCUT2D eigenvalue weighted by Crippen LogP contribution is -2.41. The summed E-state index contributed by atoms with van der Waals surface area (Å²) in [4.78, 5) is 4.53. The summed E-state index contributed by atoms with van der Waals surface area (Å²) in [5.41, 5.74) is 1.05. The summed E-state index contributed by atoms with van der Waals surface area (Å²) >= 11 is 0. The van der Waals surface area contributed by atoms with E-state index in [1.54, 1.807) is 13.3 Å². The highest BCUT2D eigenvalue weighted by molar-refractivity contribution is 6.62. The van der Waals surface area contributed by atoms with E-state index in [1.165, 1.54) is 12.8 Å². The third kappa shape index (κ3) is 4.57. The van der Waals surface area contributed by atoms with Crippen LogP contribution >= 0.6 is 0 Å². The van der Waals surface area contributed by atoms with Crippen molar-refractivity contribution < 1.29 is 23.5 Å². The third-order valence-corrected chi connectivity index (χ3v) is 6.07. The van der Waals surface area contributed by atoms with Crippen molar-refractivity contribution in [2.45, 2.75) is 58.3 Å². The van der Waals surface area contributed by atoms with Gasteiger partial charge in [0.15, 0.2) is 5.75 Å². The maximum Gasteiger partial charge on any atom is 0.496 e. The molecule has 160 valence electrons. The van der Waals surface area contributed by atoms with Crippen LogP contribution < -0.4 is 19.7 Å². The number of nitrogens with zero attached hydrogens (tertiary/aromatic N) is 1. The molecule has 0 atom stereocenters. The van der Waals surface area contributed by atoms with Crippen LogP contribution in [0.1, 0.15) is 46.1 Å². The number of hydrogen-bond donors (Lipinski definition) is 0. The molecule has 2 fully saturated rings. The average Bonchev–Trinajstić information content (AvgIpc) is 3.51. The fraction of sp³-hybridized carbons (Fsp3) is 0.522.